The standard InChI is InChI=1S/C25H30F3N7O4/c26-25(27,28)16-33-7-5-19(6-8-33)35-23-20(15-29-35)22(34-9-12-38-13-10-34)31-21(32-23)17-1-3-18(4-2-17)30-24(37)39-14-11-36/h1-4,15,19,36H,5-14,16H2,(H,30,37). The molecule has 0 saturated carbocycles. The number of rotatable bonds is 7. The molecule has 2 fully saturated rings. The van der Waals surface area contributed by atoms with E-state index in [1.807, 2.05) is 4.68 Å². The summed E-state index contributed by atoms with van der Waals surface area (Å²) in [5.74, 6) is 1.20. The Kier molecular flexibility index (Phi) is 8.14. The van der Waals surface area contributed by atoms with Crippen LogP contribution in [-0.2, 0) is 9.47 Å². The molecule has 0 aliphatic carbocycles. The summed E-state index contributed by atoms with van der Waals surface area (Å²) in [4.78, 5) is 25.1. The van der Waals surface area contributed by atoms with Crippen molar-refractivity contribution in [2.24, 2.45) is 0 Å². The Morgan fingerprint density at radius 1 is 1.10 bits per heavy atom. The monoisotopic (exact) mass is 549 g/mol. The van der Waals surface area contributed by atoms with Crippen LogP contribution in [0, 0.1) is 0 Å². The molecule has 0 atom stereocenters. The highest BCUT2D eigenvalue weighted by Gasteiger charge is 2.33. The first-order chi connectivity index (χ1) is 18.8. The van der Waals surface area contributed by atoms with Crippen LogP contribution in [0.15, 0.2) is 30.5 Å². The lowest BCUT2D eigenvalue weighted by Gasteiger charge is -2.32. The van der Waals surface area contributed by atoms with E-state index in [1.165, 1.54) is 4.90 Å². The number of carbonyl (C=O) groups excluding carboxylic acids is 1. The number of ether oxygens (including phenoxy) is 2. The molecule has 0 bridgehead atoms. The van der Waals surface area contributed by atoms with E-state index in [9.17, 15) is 18.0 Å². The van der Waals surface area contributed by atoms with Crippen molar-refractivity contribution in [1.29, 1.82) is 0 Å². The van der Waals surface area contributed by atoms with Gasteiger partial charge in [0.1, 0.15) is 12.4 Å². The largest absolute Gasteiger partial charge is 0.447 e. The fraction of sp³-hybridized carbons (Fsp3) is 0.520. The van der Waals surface area contributed by atoms with Gasteiger partial charge >= 0.3 is 12.3 Å². The number of alkyl halides is 3. The maximum Gasteiger partial charge on any atom is 0.411 e. The van der Waals surface area contributed by atoms with Gasteiger partial charge in [-0.2, -0.15) is 18.3 Å². The molecule has 14 heteroatoms. The van der Waals surface area contributed by atoms with E-state index in [1.54, 1.807) is 30.5 Å². The molecule has 2 aliphatic heterocycles. The second-order valence-electron chi connectivity index (χ2n) is 9.48. The molecule has 210 valence electrons. The van der Waals surface area contributed by atoms with Crippen molar-refractivity contribution in [1.82, 2.24) is 24.6 Å². The molecule has 3 aromatic rings. The van der Waals surface area contributed by atoms with Crippen LogP contribution in [0.3, 0.4) is 0 Å². The summed E-state index contributed by atoms with van der Waals surface area (Å²) in [6.07, 6.45) is -2.09. The highest BCUT2D eigenvalue weighted by Crippen LogP contribution is 2.33. The number of carbonyl (C=O) groups is 1. The number of anilines is 2. The number of aliphatic hydroxyl groups excluding tert-OH is 1. The van der Waals surface area contributed by atoms with Gasteiger partial charge in [-0.3, -0.25) is 10.2 Å². The first-order valence-corrected chi connectivity index (χ1v) is 12.8. The van der Waals surface area contributed by atoms with Gasteiger partial charge in [-0.15, -0.1) is 0 Å². The zero-order chi connectivity index (χ0) is 27.4. The first-order valence-electron chi connectivity index (χ1n) is 12.8. The van der Waals surface area contributed by atoms with Gasteiger partial charge in [-0.05, 0) is 37.1 Å². The summed E-state index contributed by atoms with van der Waals surface area (Å²) in [5.41, 5.74) is 1.85. The molecule has 0 unspecified atom stereocenters. The first kappa shape index (κ1) is 27.1. The van der Waals surface area contributed by atoms with Crippen molar-refractivity contribution >= 4 is 28.6 Å². The van der Waals surface area contributed by atoms with Crippen molar-refractivity contribution in [3.8, 4) is 11.4 Å². The van der Waals surface area contributed by atoms with Crippen LogP contribution in [0.2, 0.25) is 0 Å². The minimum Gasteiger partial charge on any atom is -0.447 e. The third-order valence-electron chi connectivity index (χ3n) is 6.76. The molecule has 2 N–H and O–H groups in total. The fourth-order valence-corrected chi connectivity index (χ4v) is 4.89. The molecule has 1 aromatic carbocycles. The van der Waals surface area contributed by atoms with E-state index in [2.05, 4.69) is 15.3 Å². The van der Waals surface area contributed by atoms with Crippen LogP contribution in [0.25, 0.3) is 22.4 Å². The summed E-state index contributed by atoms with van der Waals surface area (Å²) in [6.45, 7) is 1.84. The predicted octanol–water partition coefficient (Wildman–Crippen LogP) is 3.07. The number of benzene rings is 1. The van der Waals surface area contributed by atoms with Crippen molar-refractivity contribution in [2.75, 3.05) is 69.4 Å². The number of nitrogens with one attached hydrogen (secondary N) is 1. The van der Waals surface area contributed by atoms with E-state index in [0.29, 0.717) is 75.0 Å². The van der Waals surface area contributed by atoms with Gasteiger partial charge in [0.25, 0.3) is 0 Å². The molecule has 2 aliphatic rings. The normalized spacial score (nSPS) is 17.5. The maximum absolute atomic E-state index is 12.9. The van der Waals surface area contributed by atoms with E-state index >= 15 is 0 Å². The van der Waals surface area contributed by atoms with E-state index in [0.717, 1.165) is 11.2 Å². The highest BCUT2D eigenvalue weighted by atomic mass is 19.4. The van der Waals surface area contributed by atoms with Crippen molar-refractivity contribution in [3.05, 3.63) is 30.5 Å². The molecule has 1 amide bonds. The Labute approximate surface area is 222 Å². The summed E-state index contributed by atoms with van der Waals surface area (Å²) in [5, 5.41) is 16.8. The number of nitrogens with zero attached hydrogens (tertiary/aromatic N) is 6. The van der Waals surface area contributed by atoms with Crippen LogP contribution in [0.1, 0.15) is 18.9 Å². The Morgan fingerprint density at radius 3 is 2.49 bits per heavy atom. The van der Waals surface area contributed by atoms with Crippen LogP contribution >= 0.6 is 0 Å². The highest BCUT2D eigenvalue weighted by molar-refractivity contribution is 5.89. The molecule has 0 spiro atoms. The second-order valence-corrected chi connectivity index (χ2v) is 9.48. The van der Waals surface area contributed by atoms with Crippen LogP contribution < -0.4 is 10.2 Å². The number of hydrogen-bond donors (Lipinski definition) is 2. The number of hydrogen-bond acceptors (Lipinski definition) is 9. The molecule has 5 rings (SSSR count). The Morgan fingerprint density at radius 2 is 1.82 bits per heavy atom. The topological polar surface area (TPSA) is 118 Å². The van der Waals surface area contributed by atoms with E-state index < -0.39 is 18.8 Å². The van der Waals surface area contributed by atoms with Gasteiger partial charge in [0.05, 0.1) is 44.0 Å². The minimum absolute atomic E-state index is 0.0798. The average molecular weight is 550 g/mol. The maximum atomic E-state index is 12.9. The number of morpholine rings is 1. The van der Waals surface area contributed by atoms with Gasteiger partial charge in [0.2, 0.25) is 0 Å². The Balaban J connectivity index is 1.43. The number of fused-ring (bicyclic) bond motifs is 1. The number of piperidine rings is 1. The van der Waals surface area contributed by atoms with Gasteiger partial charge in [0, 0.05) is 37.4 Å². The van der Waals surface area contributed by atoms with Crippen molar-refractivity contribution in [3.63, 3.8) is 0 Å². The van der Waals surface area contributed by atoms with Crippen LogP contribution in [0.4, 0.5) is 29.5 Å². The molecule has 11 nitrogen and oxygen atoms in total. The van der Waals surface area contributed by atoms with Crippen molar-refractivity contribution in [2.45, 2.75) is 25.1 Å². The SMILES string of the molecule is O=C(Nc1ccc(-c2nc(N3CCOCC3)c3cnn(C4CCN(CC(F)(F)F)CC4)c3n2)cc1)OCCO. The average Bonchev–Trinajstić information content (AvgIpc) is 3.36. The van der Waals surface area contributed by atoms with Crippen LogP contribution in [-0.4, -0.2) is 101 Å². The number of aromatic nitrogens is 4. The zero-order valence-corrected chi connectivity index (χ0v) is 21.2. The molecular weight excluding hydrogens is 519 g/mol. The summed E-state index contributed by atoms with van der Waals surface area (Å²) >= 11 is 0. The molecule has 39 heavy (non-hydrogen) atoms. The Hall–Kier alpha value is -3.49. The summed E-state index contributed by atoms with van der Waals surface area (Å²) < 4.78 is 50.7. The quantitative estimate of drug-likeness (QED) is 0.459. The molecule has 2 aromatic heterocycles. The Bertz CT molecular complexity index is 1270. The second kappa shape index (κ2) is 11.7. The number of amides is 1. The smallest absolute Gasteiger partial charge is 0.411 e. The lowest BCUT2D eigenvalue weighted by Crippen LogP contribution is -2.40. The summed E-state index contributed by atoms with van der Waals surface area (Å²) in [7, 11) is 0. The van der Waals surface area contributed by atoms with Gasteiger partial charge in [0.15, 0.2) is 11.5 Å². The van der Waals surface area contributed by atoms with Gasteiger partial charge < -0.3 is 19.5 Å². The van der Waals surface area contributed by atoms with Crippen LogP contribution in [0.5, 0.6) is 0 Å². The third kappa shape index (κ3) is 6.57. The van der Waals surface area contributed by atoms with E-state index in [-0.39, 0.29) is 19.3 Å². The fourth-order valence-electron chi connectivity index (χ4n) is 4.89. The lowest BCUT2D eigenvalue weighted by molar-refractivity contribution is -0.148. The molecular formula is C25H30F3N7O4. The zero-order valence-electron chi connectivity index (χ0n) is 21.2. The predicted molar refractivity (Wildman–Crippen MR) is 137 cm³/mol. The molecule has 2 saturated heterocycles. The van der Waals surface area contributed by atoms with Gasteiger partial charge in [-0.1, -0.05) is 0 Å². The summed E-state index contributed by atoms with van der Waals surface area (Å²) in [6, 6.07) is 6.88. The van der Waals surface area contributed by atoms with E-state index in [4.69, 9.17) is 24.5 Å². The minimum atomic E-state index is -4.22. The number of halogens is 3. The lowest BCUT2D eigenvalue weighted by atomic mass is 10.1. The van der Waals surface area contributed by atoms with Gasteiger partial charge in [-0.25, -0.2) is 19.4 Å². The molecule has 0 radical (unpaired) electrons. The number of likely N-dealkylation sites (tertiary alicyclic amines) is 1. The third-order valence-corrected chi connectivity index (χ3v) is 6.76. The van der Waals surface area contributed by atoms with Crippen molar-refractivity contribution < 1.29 is 32.5 Å². The molecule has 4 heterocycles. The number of aliphatic hydroxyl groups is 1.